The fourth-order valence-electron chi connectivity index (χ4n) is 4.04. The molecule has 3 aromatic rings. The van der Waals surface area contributed by atoms with E-state index in [4.69, 9.17) is 14.4 Å². The summed E-state index contributed by atoms with van der Waals surface area (Å²) in [6.07, 6.45) is 5.35. The number of carbonyl (C=O) groups is 1. The van der Waals surface area contributed by atoms with E-state index in [0.717, 1.165) is 37.1 Å². The van der Waals surface area contributed by atoms with E-state index in [2.05, 4.69) is 31.3 Å². The minimum Gasteiger partial charge on any atom is -0.444 e. The number of nitrogens with one attached hydrogen (secondary N) is 2. The van der Waals surface area contributed by atoms with Crippen LogP contribution in [0.2, 0.25) is 0 Å². The van der Waals surface area contributed by atoms with Crippen molar-refractivity contribution in [2.75, 3.05) is 6.54 Å². The van der Waals surface area contributed by atoms with Crippen LogP contribution in [-0.2, 0) is 37.7 Å². The first-order valence-corrected chi connectivity index (χ1v) is 11.2. The zero-order chi connectivity index (χ0) is 23.4. The van der Waals surface area contributed by atoms with E-state index in [-0.39, 0.29) is 6.04 Å². The minimum atomic E-state index is -0.557. The highest BCUT2D eigenvalue weighted by Gasteiger charge is 2.30. The molecule has 0 fully saturated rings. The highest BCUT2D eigenvalue weighted by atomic mass is 16.6. The number of hydrogen-bond acceptors (Lipinski definition) is 9. The Morgan fingerprint density at radius 3 is 2.88 bits per heavy atom. The first-order valence-electron chi connectivity index (χ1n) is 11.2. The lowest BCUT2D eigenvalue weighted by Gasteiger charge is -2.20. The third-order valence-electron chi connectivity index (χ3n) is 5.46. The Kier molecular flexibility index (Phi) is 6.72. The zero-order valence-electron chi connectivity index (χ0n) is 19.5. The number of aromatic nitrogens is 7. The lowest BCUT2D eigenvalue weighted by Crippen LogP contribution is -2.35. The molecule has 0 bridgehead atoms. The van der Waals surface area contributed by atoms with Crippen molar-refractivity contribution in [3.63, 3.8) is 0 Å². The van der Waals surface area contributed by atoms with Gasteiger partial charge in [-0.1, -0.05) is 5.16 Å². The molecule has 0 radical (unpaired) electrons. The Bertz CT molecular complexity index is 1070. The summed E-state index contributed by atoms with van der Waals surface area (Å²) in [5.74, 6) is 0.621. The fourth-order valence-corrected chi connectivity index (χ4v) is 4.04. The maximum Gasteiger partial charge on any atom is 0.407 e. The number of hydrogen-bond donors (Lipinski definition) is 2. The van der Waals surface area contributed by atoms with Gasteiger partial charge >= 0.3 is 6.09 Å². The number of aryl methyl sites for hydroxylation is 1. The van der Waals surface area contributed by atoms with Crippen molar-refractivity contribution in [1.29, 1.82) is 0 Å². The Balaban J connectivity index is 1.54. The van der Waals surface area contributed by atoms with Gasteiger partial charge in [0.25, 0.3) is 0 Å². The van der Waals surface area contributed by atoms with E-state index < -0.39 is 11.7 Å². The van der Waals surface area contributed by atoms with Crippen molar-refractivity contribution >= 4 is 6.09 Å². The first-order chi connectivity index (χ1) is 15.8. The van der Waals surface area contributed by atoms with Crippen LogP contribution in [0.15, 0.2) is 16.9 Å². The van der Waals surface area contributed by atoms with Crippen LogP contribution in [0, 0.1) is 0 Å². The Hall–Kier alpha value is -3.28. The molecule has 0 aliphatic heterocycles. The summed E-state index contributed by atoms with van der Waals surface area (Å²) in [6.45, 7) is 6.65. The second-order valence-electron chi connectivity index (χ2n) is 9.13. The number of amides is 1. The summed E-state index contributed by atoms with van der Waals surface area (Å²) in [5.41, 5.74) is 3.65. The van der Waals surface area contributed by atoms with E-state index in [0.29, 0.717) is 25.5 Å². The van der Waals surface area contributed by atoms with Crippen LogP contribution in [0.25, 0.3) is 0 Å². The number of tetrazole rings is 1. The molecule has 3 heterocycles. The van der Waals surface area contributed by atoms with E-state index in [1.54, 1.807) is 10.9 Å². The molecule has 1 atom stereocenters. The van der Waals surface area contributed by atoms with Crippen LogP contribution in [0.5, 0.6) is 0 Å². The van der Waals surface area contributed by atoms with Gasteiger partial charge in [0.15, 0.2) is 5.82 Å². The molecule has 12 heteroatoms. The number of fused-ring (bicyclic) bond motifs is 1. The average molecular weight is 458 g/mol. The topological polar surface area (TPSA) is 138 Å². The summed E-state index contributed by atoms with van der Waals surface area (Å²) < 4.78 is 13.9. The maximum atomic E-state index is 12.0. The van der Waals surface area contributed by atoms with Gasteiger partial charge in [-0.25, -0.2) is 9.48 Å². The predicted octanol–water partition coefficient (Wildman–Crippen LogP) is 1.68. The second-order valence-corrected chi connectivity index (χ2v) is 9.13. The van der Waals surface area contributed by atoms with E-state index in [1.807, 2.05) is 38.6 Å². The third-order valence-corrected chi connectivity index (χ3v) is 5.46. The van der Waals surface area contributed by atoms with Gasteiger partial charge in [0.2, 0.25) is 0 Å². The molecule has 1 amide bonds. The van der Waals surface area contributed by atoms with Crippen molar-refractivity contribution in [2.24, 2.45) is 7.05 Å². The van der Waals surface area contributed by atoms with Crippen molar-refractivity contribution in [1.82, 2.24) is 45.8 Å². The number of rotatable bonds is 8. The standard InChI is InChI=1S/C21H31N9O3/c1-21(2,3)33-20(31)22-10-11-30-19(24-27-28-30)18(23-13-14-9-12-32-26-14)17-15-7-5-6-8-16(15)29(4)25-17/h9,12,18,23H,5-8,10-11,13H2,1-4H3,(H,22,31). The molecule has 0 spiro atoms. The zero-order valence-corrected chi connectivity index (χ0v) is 19.5. The van der Waals surface area contributed by atoms with Crippen LogP contribution in [0.3, 0.4) is 0 Å². The van der Waals surface area contributed by atoms with Crippen LogP contribution in [0.1, 0.15) is 68.1 Å². The van der Waals surface area contributed by atoms with Crippen molar-refractivity contribution in [3.8, 4) is 0 Å². The maximum absolute atomic E-state index is 12.0. The summed E-state index contributed by atoms with van der Waals surface area (Å²) >= 11 is 0. The number of ether oxygens (including phenoxy) is 1. The molecule has 4 rings (SSSR count). The molecule has 12 nitrogen and oxygen atoms in total. The van der Waals surface area contributed by atoms with Gasteiger partial charge in [-0.2, -0.15) is 5.10 Å². The monoisotopic (exact) mass is 457 g/mol. The fraction of sp³-hybridized carbons (Fsp3) is 0.619. The van der Waals surface area contributed by atoms with Gasteiger partial charge in [-0.3, -0.25) is 10.00 Å². The SMILES string of the molecule is Cn1nc(C(NCc2ccon2)c2nnnn2CCNC(=O)OC(C)(C)C)c2c1CCCC2. The van der Waals surface area contributed by atoms with Gasteiger partial charge < -0.3 is 14.6 Å². The van der Waals surface area contributed by atoms with Crippen LogP contribution < -0.4 is 10.6 Å². The van der Waals surface area contributed by atoms with E-state index >= 15 is 0 Å². The molecule has 2 N–H and O–H groups in total. The smallest absolute Gasteiger partial charge is 0.407 e. The molecule has 33 heavy (non-hydrogen) atoms. The highest BCUT2D eigenvalue weighted by molar-refractivity contribution is 5.67. The van der Waals surface area contributed by atoms with E-state index in [1.165, 1.54) is 11.3 Å². The lowest BCUT2D eigenvalue weighted by molar-refractivity contribution is 0.0525. The predicted molar refractivity (Wildman–Crippen MR) is 117 cm³/mol. The summed E-state index contributed by atoms with van der Waals surface area (Å²) in [4.78, 5) is 12.0. The molecule has 0 aromatic carbocycles. The normalized spacial score (nSPS) is 14.7. The molecule has 1 aliphatic rings. The molecular weight excluding hydrogens is 426 g/mol. The summed E-state index contributed by atoms with van der Waals surface area (Å²) in [5, 5.41) is 27.5. The second kappa shape index (κ2) is 9.69. The Morgan fingerprint density at radius 1 is 1.30 bits per heavy atom. The van der Waals surface area contributed by atoms with Gasteiger partial charge in [0.05, 0.1) is 17.9 Å². The van der Waals surface area contributed by atoms with Crippen LogP contribution in [0.4, 0.5) is 4.79 Å². The van der Waals surface area contributed by atoms with Gasteiger partial charge in [0.1, 0.15) is 17.9 Å². The lowest BCUT2D eigenvalue weighted by atomic mass is 9.93. The molecule has 1 aliphatic carbocycles. The number of alkyl carbamates (subject to hydrolysis) is 1. The largest absolute Gasteiger partial charge is 0.444 e. The first kappa shape index (κ1) is 22.9. The van der Waals surface area contributed by atoms with Gasteiger partial charge in [-0.15, -0.1) is 5.10 Å². The van der Waals surface area contributed by atoms with Crippen molar-refractivity contribution < 1.29 is 14.1 Å². The molecule has 178 valence electrons. The molecule has 0 saturated carbocycles. The minimum absolute atomic E-state index is 0.323. The van der Waals surface area contributed by atoms with Crippen LogP contribution >= 0.6 is 0 Å². The summed E-state index contributed by atoms with van der Waals surface area (Å²) in [7, 11) is 1.98. The molecule has 0 saturated heterocycles. The van der Waals surface area contributed by atoms with Gasteiger partial charge in [0, 0.05) is 31.9 Å². The molecule has 3 aromatic heterocycles. The van der Waals surface area contributed by atoms with Gasteiger partial charge in [-0.05, 0) is 62.4 Å². The van der Waals surface area contributed by atoms with Crippen molar-refractivity contribution in [3.05, 3.63) is 40.8 Å². The number of nitrogens with zero attached hydrogens (tertiary/aromatic N) is 7. The third kappa shape index (κ3) is 5.56. The van der Waals surface area contributed by atoms with Crippen molar-refractivity contribution in [2.45, 2.75) is 71.2 Å². The summed E-state index contributed by atoms with van der Waals surface area (Å²) in [6, 6.07) is 1.47. The van der Waals surface area contributed by atoms with E-state index in [9.17, 15) is 4.79 Å². The Morgan fingerprint density at radius 2 is 2.12 bits per heavy atom. The average Bonchev–Trinajstić information content (AvgIpc) is 3.49. The quantitative estimate of drug-likeness (QED) is 0.517. The van der Waals surface area contributed by atoms with Crippen LogP contribution in [-0.4, -0.2) is 53.4 Å². The molecule has 1 unspecified atom stereocenters. The highest BCUT2D eigenvalue weighted by Crippen LogP contribution is 2.30. The molecular formula is C21H31N9O3. The number of carbonyl (C=O) groups excluding carboxylic acids is 1. The Labute approximate surface area is 192 Å².